The van der Waals surface area contributed by atoms with Crippen LogP contribution in [0.2, 0.25) is 0 Å². The van der Waals surface area contributed by atoms with E-state index in [-0.39, 0.29) is 24.0 Å². The van der Waals surface area contributed by atoms with Gasteiger partial charge in [-0.05, 0) is 12.1 Å². The van der Waals surface area contributed by atoms with Gasteiger partial charge in [0.2, 0.25) is 5.91 Å². The molecule has 0 aliphatic heterocycles. The maximum Gasteiger partial charge on any atom is 0.271 e. The molecule has 1 heterocycles. The van der Waals surface area contributed by atoms with Crippen LogP contribution in [-0.2, 0) is 4.79 Å². The smallest absolute Gasteiger partial charge is 0.271 e. The second kappa shape index (κ2) is 5.74. The Bertz CT molecular complexity index is 720. The molecule has 0 unspecified atom stereocenters. The quantitative estimate of drug-likeness (QED) is 0.637. The maximum atomic E-state index is 12.2. The van der Waals surface area contributed by atoms with Crippen molar-refractivity contribution in [1.29, 1.82) is 0 Å². The predicted octanol–water partition coefficient (Wildman–Crippen LogP) is 2.06. The number of nitrogens with zero attached hydrogens (tertiary/aromatic N) is 3. The van der Waals surface area contributed by atoms with Crippen molar-refractivity contribution in [3.05, 3.63) is 40.6 Å². The third kappa shape index (κ3) is 2.91. The molecule has 21 heavy (non-hydrogen) atoms. The number of rotatable bonds is 4. The Morgan fingerprint density at radius 1 is 1.33 bits per heavy atom. The van der Waals surface area contributed by atoms with Gasteiger partial charge in [0.05, 0.1) is 10.4 Å². The summed E-state index contributed by atoms with van der Waals surface area (Å²) in [6, 6.07) is 6.05. The van der Waals surface area contributed by atoms with Gasteiger partial charge in [-0.25, -0.2) is 0 Å². The number of non-ortho nitro benzene ring substituents is 1. The van der Waals surface area contributed by atoms with E-state index < -0.39 is 4.92 Å². The van der Waals surface area contributed by atoms with Crippen molar-refractivity contribution in [2.24, 2.45) is 0 Å². The monoisotopic (exact) mass is 289 g/mol. The van der Waals surface area contributed by atoms with Crippen LogP contribution < -0.4 is 0 Å². The molecule has 110 valence electrons. The molecule has 0 aliphatic carbocycles. The lowest BCUT2D eigenvalue weighted by atomic mass is 10.2. The van der Waals surface area contributed by atoms with Crippen molar-refractivity contribution in [2.75, 3.05) is 13.6 Å². The number of carbonyl (C=O) groups is 2. The molecule has 1 amide bonds. The number of hydrogen-bond donors (Lipinski definition) is 0. The second-order valence-electron chi connectivity index (χ2n) is 4.68. The summed E-state index contributed by atoms with van der Waals surface area (Å²) in [5.41, 5.74) is 0.389. The van der Waals surface area contributed by atoms with Gasteiger partial charge in [-0.2, -0.15) is 0 Å². The first kappa shape index (κ1) is 14.7. The highest BCUT2D eigenvalue weighted by Crippen LogP contribution is 2.21. The van der Waals surface area contributed by atoms with Gasteiger partial charge in [0.1, 0.15) is 6.54 Å². The molecule has 0 radical (unpaired) electrons. The lowest BCUT2D eigenvalue weighted by Crippen LogP contribution is -2.33. The molecule has 0 saturated carbocycles. The van der Waals surface area contributed by atoms with Crippen LogP contribution in [-0.4, -0.2) is 39.8 Å². The van der Waals surface area contributed by atoms with Crippen molar-refractivity contribution in [1.82, 2.24) is 9.47 Å². The minimum Gasteiger partial charge on any atom is -0.336 e. The summed E-state index contributed by atoms with van der Waals surface area (Å²) in [7, 11) is 1.55. The highest BCUT2D eigenvalue weighted by molar-refractivity contribution is 5.95. The van der Waals surface area contributed by atoms with Crippen molar-refractivity contribution in [3.8, 4) is 0 Å². The van der Waals surface area contributed by atoms with Gasteiger partial charge in [-0.15, -0.1) is 0 Å². The van der Waals surface area contributed by atoms with E-state index in [1.54, 1.807) is 32.3 Å². The first-order chi connectivity index (χ1) is 9.93. The zero-order chi connectivity index (χ0) is 15.6. The summed E-state index contributed by atoms with van der Waals surface area (Å²) in [5, 5.41) is 11.5. The average molecular weight is 289 g/mol. The molecule has 0 saturated heterocycles. The third-order valence-electron chi connectivity index (χ3n) is 3.26. The van der Waals surface area contributed by atoms with E-state index in [9.17, 15) is 19.7 Å². The highest BCUT2D eigenvalue weighted by Gasteiger charge is 2.16. The van der Waals surface area contributed by atoms with Gasteiger partial charge in [0, 0.05) is 37.2 Å². The van der Waals surface area contributed by atoms with Crippen molar-refractivity contribution in [2.45, 2.75) is 13.3 Å². The number of likely N-dealkylation sites (N-methyl/N-ethyl adjacent to an activating group) is 1. The van der Waals surface area contributed by atoms with Crippen LogP contribution in [0.4, 0.5) is 5.69 Å². The second-order valence-corrected chi connectivity index (χ2v) is 4.68. The summed E-state index contributed by atoms with van der Waals surface area (Å²) < 4.78 is 1.34. The Kier molecular flexibility index (Phi) is 4.02. The summed E-state index contributed by atoms with van der Waals surface area (Å²) in [6.07, 6.45) is 1.88. The van der Waals surface area contributed by atoms with Crippen LogP contribution >= 0.6 is 0 Å². The van der Waals surface area contributed by atoms with Crippen LogP contribution in [0.25, 0.3) is 10.9 Å². The third-order valence-corrected chi connectivity index (χ3v) is 3.26. The number of amides is 1. The number of benzene rings is 1. The predicted molar refractivity (Wildman–Crippen MR) is 77.1 cm³/mol. The van der Waals surface area contributed by atoms with Gasteiger partial charge in [0.25, 0.3) is 11.6 Å². The summed E-state index contributed by atoms with van der Waals surface area (Å²) in [4.78, 5) is 35.4. The normalized spacial score (nSPS) is 10.6. The number of aromatic nitrogens is 1. The molecule has 0 aliphatic rings. The summed E-state index contributed by atoms with van der Waals surface area (Å²) in [5.74, 6) is -0.444. The average Bonchev–Trinajstić information content (AvgIpc) is 2.88. The molecule has 2 aromatic rings. The van der Waals surface area contributed by atoms with Crippen LogP contribution in [0.5, 0.6) is 0 Å². The molecule has 7 heteroatoms. The maximum absolute atomic E-state index is 12.2. The lowest BCUT2D eigenvalue weighted by molar-refractivity contribution is -0.384. The minimum absolute atomic E-state index is 0.0703. The number of fused-ring (bicyclic) bond motifs is 1. The molecule has 1 aromatic heterocycles. The van der Waals surface area contributed by atoms with Crippen LogP contribution in [0.3, 0.4) is 0 Å². The highest BCUT2D eigenvalue weighted by atomic mass is 16.6. The van der Waals surface area contributed by atoms with E-state index >= 15 is 0 Å². The van der Waals surface area contributed by atoms with Gasteiger partial charge in [0.15, 0.2) is 0 Å². The Hall–Kier alpha value is -2.70. The van der Waals surface area contributed by atoms with Crippen molar-refractivity contribution in [3.63, 3.8) is 0 Å². The fraction of sp³-hybridized carbons (Fsp3) is 0.286. The van der Waals surface area contributed by atoms with Gasteiger partial charge in [-0.1, -0.05) is 6.92 Å². The van der Waals surface area contributed by atoms with Crippen LogP contribution in [0.1, 0.15) is 18.1 Å². The Morgan fingerprint density at radius 3 is 2.67 bits per heavy atom. The molecule has 7 nitrogen and oxygen atoms in total. The first-order valence-electron chi connectivity index (χ1n) is 6.46. The van der Waals surface area contributed by atoms with Gasteiger partial charge in [-0.3, -0.25) is 24.3 Å². The zero-order valence-corrected chi connectivity index (χ0v) is 11.8. The summed E-state index contributed by atoms with van der Waals surface area (Å²) in [6.45, 7) is 1.65. The van der Waals surface area contributed by atoms with Gasteiger partial charge < -0.3 is 4.90 Å². The minimum atomic E-state index is -0.506. The number of hydrogen-bond acceptors (Lipinski definition) is 4. The Balaban J connectivity index is 2.33. The van der Waals surface area contributed by atoms with E-state index in [2.05, 4.69) is 0 Å². The molecule has 0 N–H and O–H groups in total. The van der Waals surface area contributed by atoms with E-state index in [1.807, 2.05) is 0 Å². The standard InChI is InChI=1S/C14H15N3O4/c1-3-13(18)15(2)9-14(19)16-7-6-10-4-5-11(17(20)21)8-12(10)16/h4-8H,3,9H2,1-2H3. The van der Waals surface area contributed by atoms with E-state index in [0.717, 1.165) is 5.39 Å². The zero-order valence-electron chi connectivity index (χ0n) is 11.8. The van der Waals surface area contributed by atoms with Gasteiger partial charge >= 0.3 is 0 Å². The van der Waals surface area contributed by atoms with E-state index in [4.69, 9.17) is 0 Å². The fourth-order valence-corrected chi connectivity index (χ4v) is 2.08. The molecule has 2 rings (SSSR count). The molecule has 0 spiro atoms. The van der Waals surface area contributed by atoms with Crippen molar-refractivity contribution >= 4 is 28.4 Å². The van der Waals surface area contributed by atoms with Crippen LogP contribution in [0, 0.1) is 10.1 Å². The Labute approximate surface area is 120 Å². The lowest BCUT2D eigenvalue weighted by Gasteiger charge is -2.15. The number of nitro benzene ring substituents is 1. The summed E-state index contributed by atoms with van der Waals surface area (Å²) >= 11 is 0. The largest absolute Gasteiger partial charge is 0.336 e. The number of nitro groups is 1. The molecule has 0 atom stereocenters. The number of carbonyl (C=O) groups excluding carboxylic acids is 2. The Morgan fingerprint density at radius 2 is 2.05 bits per heavy atom. The van der Waals surface area contributed by atoms with Crippen molar-refractivity contribution < 1.29 is 14.5 Å². The molecular formula is C14H15N3O4. The topological polar surface area (TPSA) is 85.5 Å². The van der Waals surface area contributed by atoms with E-state index in [1.165, 1.54) is 21.6 Å². The first-order valence-corrected chi connectivity index (χ1v) is 6.46. The fourth-order valence-electron chi connectivity index (χ4n) is 2.08. The molecule has 1 aromatic carbocycles. The molecule has 0 bridgehead atoms. The van der Waals surface area contributed by atoms with Crippen LogP contribution in [0.15, 0.2) is 30.5 Å². The van der Waals surface area contributed by atoms with E-state index in [0.29, 0.717) is 11.9 Å². The molecular weight excluding hydrogens is 274 g/mol. The SMILES string of the molecule is CCC(=O)N(C)CC(=O)n1ccc2ccc([N+](=O)[O-])cc21. The molecule has 0 fully saturated rings.